The molecule has 0 saturated carbocycles. The molecule has 142 valence electrons. The molecule has 0 fully saturated rings. The second kappa shape index (κ2) is 8.49. The Morgan fingerprint density at radius 3 is 2.41 bits per heavy atom. The maximum atomic E-state index is 12.9. The molecule has 0 bridgehead atoms. The largest absolute Gasteiger partial charge is 0.507 e. The number of ketones is 2. The number of hydrogen-bond acceptors (Lipinski definition) is 6. The molecule has 0 heterocycles. The van der Waals surface area contributed by atoms with E-state index in [-0.39, 0.29) is 35.3 Å². The highest BCUT2D eigenvalue weighted by molar-refractivity contribution is 6.27. The summed E-state index contributed by atoms with van der Waals surface area (Å²) < 4.78 is 5.43. The Hall–Kier alpha value is -3.15. The summed E-state index contributed by atoms with van der Waals surface area (Å²) in [4.78, 5) is 37.4. The van der Waals surface area contributed by atoms with E-state index < -0.39 is 29.4 Å². The molecular formula is C21H22O6. The second-order valence-electron chi connectivity index (χ2n) is 6.47. The molecule has 0 spiro atoms. The fourth-order valence-electron chi connectivity index (χ4n) is 2.74. The SMILES string of the molecule is C=CCCC(=O)O[C@H](CC=C(C)C)C1=CC(=O)c2c(O)ccc(O)c2C1=O. The van der Waals surface area contributed by atoms with E-state index in [2.05, 4.69) is 6.58 Å². The molecule has 0 amide bonds. The smallest absolute Gasteiger partial charge is 0.306 e. The van der Waals surface area contributed by atoms with Gasteiger partial charge in [-0.05, 0) is 38.5 Å². The summed E-state index contributed by atoms with van der Waals surface area (Å²) in [6.45, 7) is 7.27. The first kappa shape index (κ1) is 20.2. The molecule has 0 radical (unpaired) electrons. The van der Waals surface area contributed by atoms with Crippen molar-refractivity contribution in [3.05, 3.63) is 59.2 Å². The minimum Gasteiger partial charge on any atom is -0.507 e. The molecule has 2 rings (SSSR count). The predicted molar refractivity (Wildman–Crippen MR) is 99.9 cm³/mol. The summed E-state index contributed by atoms with van der Waals surface area (Å²) in [6, 6.07) is 2.29. The summed E-state index contributed by atoms with van der Waals surface area (Å²) in [5.41, 5.74) is 0.403. The van der Waals surface area contributed by atoms with Crippen molar-refractivity contribution in [1.29, 1.82) is 0 Å². The first-order valence-electron chi connectivity index (χ1n) is 8.55. The lowest BCUT2D eigenvalue weighted by atomic mass is 9.85. The van der Waals surface area contributed by atoms with E-state index in [1.54, 1.807) is 12.2 Å². The molecule has 0 aromatic heterocycles. The Labute approximate surface area is 157 Å². The fraction of sp³-hybridized carbons (Fsp3) is 0.286. The van der Waals surface area contributed by atoms with Crippen LogP contribution in [0.2, 0.25) is 0 Å². The zero-order valence-electron chi connectivity index (χ0n) is 15.3. The summed E-state index contributed by atoms with van der Waals surface area (Å²) in [6.07, 6.45) is 4.21. The number of Topliss-reactive ketones (excluding diaryl/α,β-unsaturated/α-hetero) is 1. The van der Waals surface area contributed by atoms with Crippen LogP contribution >= 0.6 is 0 Å². The third-order valence-corrected chi connectivity index (χ3v) is 4.10. The van der Waals surface area contributed by atoms with Gasteiger partial charge < -0.3 is 14.9 Å². The zero-order valence-corrected chi connectivity index (χ0v) is 15.3. The maximum Gasteiger partial charge on any atom is 0.306 e. The van der Waals surface area contributed by atoms with Crippen LogP contribution in [0.1, 0.15) is 53.8 Å². The van der Waals surface area contributed by atoms with Gasteiger partial charge in [-0.1, -0.05) is 17.7 Å². The number of fused-ring (bicyclic) bond motifs is 1. The van der Waals surface area contributed by atoms with Crippen molar-refractivity contribution in [2.45, 2.75) is 39.2 Å². The molecular weight excluding hydrogens is 348 g/mol. The summed E-state index contributed by atoms with van der Waals surface area (Å²) in [7, 11) is 0. The Bertz CT molecular complexity index is 856. The average molecular weight is 370 g/mol. The number of ether oxygens (including phenoxy) is 1. The lowest BCUT2D eigenvalue weighted by Crippen LogP contribution is -2.29. The van der Waals surface area contributed by atoms with Crippen LogP contribution < -0.4 is 0 Å². The van der Waals surface area contributed by atoms with Crippen molar-refractivity contribution in [2.24, 2.45) is 0 Å². The molecule has 1 aliphatic carbocycles. The molecule has 1 aliphatic rings. The number of aromatic hydroxyl groups is 2. The van der Waals surface area contributed by atoms with E-state index in [1.807, 2.05) is 13.8 Å². The lowest BCUT2D eigenvalue weighted by molar-refractivity contribution is -0.147. The Morgan fingerprint density at radius 2 is 1.81 bits per heavy atom. The Morgan fingerprint density at radius 1 is 1.19 bits per heavy atom. The van der Waals surface area contributed by atoms with Crippen molar-refractivity contribution in [3.8, 4) is 11.5 Å². The van der Waals surface area contributed by atoms with E-state index >= 15 is 0 Å². The molecule has 0 unspecified atom stereocenters. The predicted octanol–water partition coefficient (Wildman–Crippen LogP) is 3.64. The minimum absolute atomic E-state index is 0.0298. The molecule has 1 atom stereocenters. The van der Waals surface area contributed by atoms with Crippen LogP contribution in [0.5, 0.6) is 11.5 Å². The summed E-state index contributed by atoms with van der Waals surface area (Å²) >= 11 is 0. The van der Waals surface area contributed by atoms with Crippen LogP contribution in [0.25, 0.3) is 0 Å². The highest BCUT2D eigenvalue weighted by Crippen LogP contribution is 2.36. The van der Waals surface area contributed by atoms with Gasteiger partial charge in [0.1, 0.15) is 17.6 Å². The average Bonchev–Trinajstić information content (AvgIpc) is 2.61. The van der Waals surface area contributed by atoms with E-state index in [4.69, 9.17) is 4.74 Å². The molecule has 0 aliphatic heterocycles. The van der Waals surface area contributed by atoms with Crippen molar-refractivity contribution >= 4 is 17.5 Å². The Kier molecular flexibility index (Phi) is 6.34. The van der Waals surface area contributed by atoms with Crippen LogP contribution in [0.3, 0.4) is 0 Å². The maximum absolute atomic E-state index is 12.9. The number of carbonyl (C=O) groups excluding carboxylic acids is 3. The standard InChI is InChI=1S/C21H22O6/c1-4-5-6-18(25)27-17(10-7-12(2)3)13-11-16(24)19-14(22)8-9-15(23)20(19)21(13)26/h4,7-9,11,17,22-23H,1,5-6,10H2,2-3H3/t17-/m1/s1. The highest BCUT2D eigenvalue weighted by atomic mass is 16.5. The van der Waals surface area contributed by atoms with Crippen LogP contribution in [0.15, 0.2) is 48.1 Å². The van der Waals surface area contributed by atoms with Crippen LogP contribution in [-0.2, 0) is 9.53 Å². The second-order valence-corrected chi connectivity index (χ2v) is 6.47. The molecule has 1 aromatic carbocycles. The third-order valence-electron chi connectivity index (χ3n) is 4.10. The van der Waals surface area contributed by atoms with Gasteiger partial charge in [-0.3, -0.25) is 14.4 Å². The van der Waals surface area contributed by atoms with Crippen molar-refractivity contribution < 1.29 is 29.3 Å². The number of esters is 1. The number of allylic oxidation sites excluding steroid dienone is 3. The van der Waals surface area contributed by atoms with Gasteiger partial charge in [0.15, 0.2) is 11.6 Å². The molecule has 6 nitrogen and oxygen atoms in total. The number of benzene rings is 1. The number of carbonyl (C=O) groups is 3. The topological polar surface area (TPSA) is 101 Å². The Balaban J connectivity index is 2.43. The van der Waals surface area contributed by atoms with Crippen molar-refractivity contribution in [2.75, 3.05) is 0 Å². The zero-order chi connectivity index (χ0) is 20.1. The lowest BCUT2D eigenvalue weighted by Gasteiger charge is -2.23. The van der Waals surface area contributed by atoms with Gasteiger partial charge in [0.25, 0.3) is 0 Å². The third kappa shape index (κ3) is 4.53. The van der Waals surface area contributed by atoms with E-state index in [0.29, 0.717) is 6.42 Å². The summed E-state index contributed by atoms with van der Waals surface area (Å²) in [5.74, 6) is -2.60. The monoisotopic (exact) mass is 370 g/mol. The van der Waals surface area contributed by atoms with Gasteiger partial charge in [0.2, 0.25) is 0 Å². The van der Waals surface area contributed by atoms with Gasteiger partial charge in [-0.25, -0.2) is 0 Å². The first-order chi connectivity index (χ1) is 12.8. The molecule has 27 heavy (non-hydrogen) atoms. The first-order valence-corrected chi connectivity index (χ1v) is 8.55. The minimum atomic E-state index is -0.969. The van der Waals surface area contributed by atoms with Gasteiger partial charge >= 0.3 is 5.97 Å². The van der Waals surface area contributed by atoms with Crippen molar-refractivity contribution in [1.82, 2.24) is 0 Å². The number of phenols is 2. The quantitative estimate of drug-likeness (QED) is 0.432. The molecule has 0 saturated heterocycles. The number of phenolic OH excluding ortho intramolecular Hbond substituents is 2. The summed E-state index contributed by atoms with van der Waals surface area (Å²) in [5, 5.41) is 19.9. The van der Waals surface area contributed by atoms with Gasteiger partial charge in [0, 0.05) is 18.4 Å². The van der Waals surface area contributed by atoms with Gasteiger partial charge in [-0.15, -0.1) is 6.58 Å². The number of rotatable bonds is 7. The van der Waals surface area contributed by atoms with Crippen molar-refractivity contribution in [3.63, 3.8) is 0 Å². The van der Waals surface area contributed by atoms with E-state index in [1.165, 1.54) is 0 Å². The van der Waals surface area contributed by atoms with E-state index in [9.17, 15) is 24.6 Å². The highest BCUT2D eigenvalue weighted by Gasteiger charge is 2.35. The molecule has 1 aromatic rings. The van der Waals surface area contributed by atoms with Crippen LogP contribution in [-0.4, -0.2) is 33.9 Å². The fourth-order valence-corrected chi connectivity index (χ4v) is 2.74. The molecule has 2 N–H and O–H groups in total. The van der Waals surface area contributed by atoms with Crippen LogP contribution in [0, 0.1) is 0 Å². The van der Waals surface area contributed by atoms with Gasteiger partial charge in [-0.2, -0.15) is 0 Å². The molecule has 6 heteroatoms. The van der Waals surface area contributed by atoms with E-state index in [0.717, 1.165) is 23.8 Å². The van der Waals surface area contributed by atoms with Gasteiger partial charge in [0.05, 0.1) is 11.1 Å². The number of hydrogen-bond donors (Lipinski definition) is 2. The normalized spacial score (nSPS) is 14.1. The van der Waals surface area contributed by atoms with Crippen LogP contribution in [0.4, 0.5) is 0 Å².